The third kappa shape index (κ3) is 4.70. The van der Waals surface area contributed by atoms with E-state index < -0.39 is 28.4 Å². The summed E-state index contributed by atoms with van der Waals surface area (Å²) in [6, 6.07) is 0. The van der Waals surface area contributed by atoms with E-state index in [1.807, 2.05) is 13.8 Å². The van der Waals surface area contributed by atoms with E-state index in [2.05, 4.69) is 27.4 Å². The first-order valence-electron chi connectivity index (χ1n) is 9.23. The van der Waals surface area contributed by atoms with E-state index in [0.29, 0.717) is 13.1 Å². The third-order valence-electron chi connectivity index (χ3n) is 4.16. The monoisotopic (exact) mass is 390 g/mol. The van der Waals surface area contributed by atoms with Crippen molar-refractivity contribution in [2.45, 2.75) is 39.0 Å². The second-order valence-corrected chi connectivity index (χ2v) is 6.32. The van der Waals surface area contributed by atoms with E-state index in [-0.39, 0.29) is 17.5 Å². The van der Waals surface area contributed by atoms with Crippen molar-refractivity contribution in [1.29, 1.82) is 0 Å². The van der Waals surface area contributed by atoms with Gasteiger partial charge in [-0.25, -0.2) is 18.9 Å². The minimum atomic E-state index is -0.685. The van der Waals surface area contributed by atoms with Gasteiger partial charge in [0.15, 0.2) is 0 Å². The summed E-state index contributed by atoms with van der Waals surface area (Å²) in [5.41, 5.74) is 3.85. The van der Waals surface area contributed by atoms with Gasteiger partial charge in [-0.3, -0.25) is 19.6 Å². The lowest BCUT2D eigenvalue weighted by molar-refractivity contribution is 0.685. The fraction of sp³-hybridized carbons (Fsp3) is 0.444. The standard InChI is InChI=1S/C18H26N6O4/c1-4-7-12(13-10-23(19-8-5-2)17(27)21-15(13)25)14-11-24(20-9-6-3)18(28)22-16(14)26/h4,10-12,19-20H,1,5-9H2,2-3H3,(H,21,25,27)(H,22,26,28). The summed E-state index contributed by atoms with van der Waals surface area (Å²) in [6.07, 6.45) is 6.19. The van der Waals surface area contributed by atoms with Gasteiger partial charge in [-0.05, 0) is 19.3 Å². The van der Waals surface area contributed by atoms with Crippen LogP contribution in [-0.2, 0) is 0 Å². The number of hydrogen-bond acceptors (Lipinski definition) is 6. The maximum absolute atomic E-state index is 12.5. The molecule has 0 unspecified atom stereocenters. The summed E-state index contributed by atoms with van der Waals surface area (Å²) >= 11 is 0. The lowest BCUT2D eigenvalue weighted by Gasteiger charge is -2.18. The van der Waals surface area contributed by atoms with Crippen molar-refractivity contribution in [3.63, 3.8) is 0 Å². The Morgan fingerprint density at radius 3 is 1.71 bits per heavy atom. The smallest absolute Gasteiger partial charge is 0.322 e. The zero-order valence-corrected chi connectivity index (χ0v) is 16.1. The Kier molecular flexibility index (Phi) is 7.19. The highest BCUT2D eigenvalue weighted by atomic mass is 16.2. The van der Waals surface area contributed by atoms with Crippen LogP contribution in [0, 0.1) is 0 Å². The molecule has 0 bridgehead atoms. The highest BCUT2D eigenvalue weighted by Crippen LogP contribution is 2.22. The molecule has 2 heterocycles. The number of aromatic amines is 2. The molecule has 0 aliphatic carbocycles. The Morgan fingerprint density at radius 1 is 0.929 bits per heavy atom. The first-order chi connectivity index (χ1) is 13.4. The SMILES string of the molecule is C=CCC(c1cn(NCCC)c(=O)[nH]c1=O)c1cn(NCCC)c(=O)[nH]c1=O. The van der Waals surface area contributed by atoms with Gasteiger partial charge in [-0.2, -0.15) is 0 Å². The Morgan fingerprint density at radius 2 is 1.36 bits per heavy atom. The Hall–Kier alpha value is -3.30. The summed E-state index contributed by atoms with van der Waals surface area (Å²) in [4.78, 5) is 53.5. The molecule has 28 heavy (non-hydrogen) atoms. The van der Waals surface area contributed by atoms with Gasteiger partial charge in [-0.1, -0.05) is 19.9 Å². The summed E-state index contributed by atoms with van der Waals surface area (Å²) in [7, 11) is 0. The largest absolute Gasteiger partial charge is 0.346 e. The van der Waals surface area contributed by atoms with Crippen LogP contribution in [0.15, 0.2) is 44.2 Å². The van der Waals surface area contributed by atoms with Gasteiger partial charge in [0.05, 0.1) is 0 Å². The number of aromatic nitrogens is 4. The van der Waals surface area contributed by atoms with Gasteiger partial charge < -0.3 is 10.9 Å². The van der Waals surface area contributed by atoms with E-state index in [4.69, 9.17) is 0 Å². The summed E-state index contributed by atoms with van der Waals surface area (Å²) in [6.45, 7) is 8.64. The maximum atomic E-state index is 12.5. The van der Waals surface area contributed by atoms with Gasteiger partial charge >= 0.3 is 11.4 Å². The highest BCUT2D eigenvalue weighted by Gasteiger charge is 2.22. The Labute approximate surface area is 160 Å². The van der Waals surface area contributed by atoms with Gasteiger partial charge in [0, 0.05) is 42.5 Å². The molecule has 0 saturated heterocycles. The molecule has 10 nitrogen and oxygen atoms in total. The van der Waals surface area contributed by atoms with E-state index in [0.717, 1.165) is 12.8 Å². The molecule has 4 N–H and O–H groups in total. The molecule has 0 amide bonds. The molecule has 0 spiro atoms. The minimum Gasteiger partial charge on any atom is -0.322 e. The molecule has 0 atom stereocenters. The van der Waals surface area contributed by atoms with Gasteiger partial charge in [0.1, 0.15) is 0 Å². The average molecular weight is 390 g/mol. The van der Waals surface area contributed by atoms with E-state index >= 15 is 0 Å². The minimum absolute atomic E-state index is 0.217. The van der Waals surface area contributed by atoms with Crippen molar-refractivity contribution in [3.8, 4) is 0 Å². The molecule has 0 aromatic carbocycles. The van der Waals surface area contributed by atoms with Crippen LogP contribution in [0.2, 0.25) is 0 Å². The topological polar surface area (TPSA) is 134 Å². The zero-order chi connectivity index (χ0) is 20.7. The van der Waals surface area contributed by atoms with E-state index in [9.17, 15) is 19.2 Å². The average Bonchev–Trinajstić information content (AvgIpc) is 2.65. The Bertz CT molecular complexity index is 966. The van der Waals surface area contributed by atoms with E-state index in [1.54, 1.807) is 6.08 Å². The third-order valence-corrected chi connectivity index (χ3v) is 4.16. The lowest BCUT2D eigenvalue weighted by Crippen LogP contribution is -2.40. The van der Waals surface area contributed by atoms with Crippen molar-refractivity contribution < 1.29 is 0 Å². The fourth-order valence-corrected chi connectivity index (χ4v) is 2.76. The van der Waals surface area contributed by atoms with Crippen LogP contribution in [0.25, 0.3) is 0 Å². The van der Waals surface area contributed by atoms with Crippen molar-refractivity contribution in [1.82, 2.24) is 19.3 Å². The summed E-state index contributed by atoms with van der Waals surface area (Å²) in [5.74, 6) is -0.685. The zero-order valence-electron chi connectivity index (χ0n) is 16.1. The predicted octanol–water partition coefficient (Wildman–Crippen LogP) is 0.00160. The lowest BCUT2D eigenvalue weighted by atomic mass is 9.92. The predicted molar refractivity (Wildman–Crippen MR) is 108 cm³/mol. The van der Waals surface area contributed by atoms with Crippen molar-refractivity contribution in [2.24, 2.45) is 0 Å². The molecule has 0 aliphatic heterocycles. The number of hydrogen-bond donors (Lipinski definition) is 4. The second kappa shape index (κ2) is 9.58. The number of nitrogens with zero attached hydrogens (tertiary/aromatic N) is 2. The number of nitrogens with one attached hydrogen (secondary N) is 4. The fourth-order valence-electron chi connectivity index (χ4n) is 2.76. The molecule has 10 heteroatoms. The summed E-state index contributed by atoms with van der Waals surface area (Å²) < 4.78 is 2.38. The van der Waals surface area contributed by atoms with Gasteiger partial charge in [0.2, 0.25) is 0 Å². The van der Waals surface area contributed by atoms with Gasteiger partial charge in [-0.15, -0.1) is 6.58 Å². The van der Waals surface area contributed by atoms with Crippen LogP contribution < -0.4 is 33.3 Å². The van der Waals surface area contributed by atoms with Crippen LogP contribution >= 0.6 is 0 Å². The molecule has 2 aromatic heterocycles. The molecular formula is C18H26N6O4. The summed E-state index contributed by atoms with van der Waals surface area (Å²) in [5, 5.41) is 0. The van der Waals surface area contributed by atoms with Crippen LogP contribution in [0.4, 0.5) is 0 Å². The molecule has 152 valence electrons. The molecule has 0 saturated carbocycles. The molecule has 2 rings (SSSR count). The first kappa shape index (κ1) is 21.0. The molecule has 0 fully saturated rings. The van der Waals surface area contributed by atoms with Gasteiger partial charge in [0.25, 0.3) is 11.1 Å². The number of rotatable bonds is 10. The number of H-pyrrole nitrogens is 2. The van der Waals surface area contributed by atoms with Crippen LogP contribution in [-0.4, -0.2) is 32.4 Å². The first-order valence-corrected chi connectivity index (χ1v) is 9.23. The quantitative estimate of drug-likeness (QED) is 0.422. The van der Waals surface area contributed by atoms with Crippen LogP contribution in [0.5, 0.6) is 0 Å². The van der Waals surface area contributed by atoms with Crippen molar-refractivity contribution in [2.75, 3.05) is 23.9 Å². The molecular weight excluding hydrogens is 364 g/mol. The molecule has 0 radical (unpaired) electrons. The van der Waals surface area contributed by atoms with E-state index in [1.165, 1.54) is 21.7 Å². The molecule has 0 aliphatic rings. The Balaban J connectivity index is 2.62. The second-order valence-electron chi connectivity index (χ2n) is 6.32. The maximum Gasteiger partial charge on any atom is 0.346 e. The van der Waals surface area contributed by atoms with Crippen molar-refractivity contribution >= 4 is 0 Å². The highest BCUT2D eigenvalue weighted by molar-refractivity contribution is 5.27. The normalized spacial score (nSPS) is 10.8. The van der Waals surface area contributed by atoms with Crippen LogP contribution in [0.3, 0.4) is 0 Å². The van der Waals surface area contributed by atoms with Crippen LogP contribution in [0.1, 0.15) is 50.2 Å². The number of allylic oxidation sites excluding steroid dienone is 1. The van der Waals surface area contributed by atoms with Crippen molar-refractivity contribution in [3.05, 3.63) is 77.9 Å². The molecule has 2 aromatic rings.